The van der Waals surface area contributed by atoms with Gasteiger partial charge in [-0.15, -0.1) is 11.3 Å². The Hall–Kier alpha value is -2.48. The summed E-state index contributed by atoms with van der Waals surface area (Å²) < 4.78 is 1.08. The normalized spacial score (nSPS) is 14.6. The molecule has 0 aliphatic carbocycles. The van der Waals surface area contributed by atoms with Gasteiger partial charge < -0.3 is 0 Å². The predicted molar refractivity (Wildman–Crippen MR) is 76.3 cm³/mol. The number of fused-ring (bicyclic) bond motifs is 1. The van der Waals surface area contributed by atoms with E-state index in [1.165, 1.54) is 0 Å². The third kappa shape index (κ3) is 3.00. The Balaban J connectivity index is 1.56. The highest BCUT2D eigenvalue weighted by Gasteiger charge is 2.27. The number of hydrogen-bond donors (Lipinski definition) is 2. The number of hydrogen-bond acceptors (Lipinski definition) is 5. The smallest absolute Gasteiger partial charge is 0.275 e. The standard InChI is InChI=1S/C13H12N4O3S/c18-10(16-17-7-11(19)15-13(17)20)5-6-12-14-8-3-1-2-4-9(8)21-12/h1-4H,5-7H2,(H,16,18)(H,15,19,20). The summed E-state index contributed by atoms with van der Waals surface area (Å²) in [5.74, 6) is -0.745. The van der Waals surface area contributed by atoms with Gasteiger partial charge in [0.05, 0.1) is 15.2 Å². The lowest BCUT2D eigenvalue weighted by Crippen LogP contribution is -2.44. The van der Waals surface area contributed by atoms with Crippen molar-refractivity contribution < 1.29 is 14.4 Å². The summed E-state index contributed by atoms with van der Waals surface area (Å²) in [5, 5.41) is 3.93. The summed E-state index contributed by atoms with van der Waals surface area (Å²) in [4.78, 5) is 38.5. The monoisotopic (exact) mass is 304 g/mol. The molecule has 2 heterocycles. The van der Waals surface area contributed by atoms with E-state index >= 15 is 0 Å². The molecule has 1 saturated heterocycles. The van der Waals surface area contributed by atoms with Gasteiger partial charge in [0.1, 0.15) is 6.54 Å². The molecule has 3 rings (SSSR count). The Bertz CT molecular complexity index is 694. The van der Waals surface area contributed by atoms with Crippen LogP contribution in [0, 0.1) is 0 Å². The molecule has 0 unspecified atom stereocenters. The van der Waals surface area contributed by atoms with Gasteiger partial charge in [0.25, 0.3) is 0 Å². The maximum atomic E-state index is 11.8. The molecular formula is C13H12N4O3S. The van der Waals surface area contributed by atoms with Gasteiger partial charge >= 0.3 is 6.03 Å². The lowest BCUT2D eigenvalue weighted by atomic mass is 10.3. The number of rotatable bonds is 4. The van der Waals surface area contributed by atoms with Crippen LogP contribution in [0.15, 0.2) is 24.3 Å². The number of amides is 4. The topological polar surface area (TPSA) is 91.4 Å². The first kappa shape index (κ1) is 13.5. The average molecular weight is 304 g/mol. The molecule has 108 valence electrons. The quantitative estimate of drug-likeness (QED) is 0.818. The van der Waals surface area contributed by atoms with Crippen molar-refractivity contribution in [2.45, 2.75) is 12.8 Å². The molecule has 1 fully saturated rings. The molecule has 7 nitrogen and oxygen atoms in total. The van der Waals surface area contributed by atoms with Gasteiger partial charge in [0, 0.05) is 12.8 Å². The Morgan fingerprint density at radius 2 is 2.19 bits per heavy atom. The van der Waals surface area contributed by atoms with Crippen LogP contribution in [-0.2, 0) is 16.0 Å². The number of urea groups is 1. The van der Waals surface area contributed by atoms with Gasteiger partial charge in [-0.05, 0) is 12.1 Å². The zero-order valence-corrected chi connectivity index (χ0v) is 11.8. The minimum Gasteiger partial charge on any atom is -0.275 e. The number of carbonyl (C=O) groups is 3. The van der Waals surface area contributed by atoms with Crippen LogP contribution in [0.2, 0.25) is 0 Å². The van der Waals surface area contributed by atoms with Crippen molar-refractivity contribution in [1.82, 2.24) is 20.7 Å². The minimum absolute atomic E-state index is 0.147. The fourth-order valence-electron chi connectivity index (χ4n) is 1.99. The predicted octanol–water partition coefficient (Wildman–Crippen LogP) is 0.812. The van der Waals surface area contributed by atoms with Crippen LogP contribution in [0.3, 0.4) is 0 Å². The van der Waals surface area contributed by atoms with E-state index in [0.717, 1.165) is 20.2 Å². The number of nitrogens with one attached hydrogen (secondary N) is 2. The van der Waals surface area contributed by atoms with E-state index in [1.807, 2.05) is 24.3 Å². The van der Waals surface area contributed by atoms with Gasteiger partial charge in [0.2, 0.25) is 11.8 Å². The van der Waals surface area contributed by atoms with E-state index < -0.39 is 11.9 Å². The van der Waals surface area contributed by atoms with Crippen molar-refractivity contribution in [2.24, 2.45) is 0 Å². The summed E-state index contributed by atoms with van der Waals surface area (Å²) in [5.41, 5.74) is 3.32. The second kappa shape index (κ2) is 5.49. The average Bonchev–Trinajstić information content (AvgIpc) is 2.99. The van der Waals surface area contributed by atoms with Crippen LogP contribution in [-0.4, -0.2) is 34.4 Å². The Labute approximate surface area is 123 Å². The molecule has 0 atom stereocenters. The first-order valence-electron chi connectivity index (χ1n) is 6.37. The number of para-hydroxylation sites is 1. The van der Waals surface area contributed by atoms with Gasteiger partial charge in [0.15, 0.2) is 0 Å². The first-order valence-corrected chi connectivity index (χ1v) is 7.19. The molecule has 1 aromatic heterocycles. The molecule has 1 aliphatic heterocycles. The van der Waals surface area contributed by atoms with E-state index in [1.54, 1.807) is 11.3 Å². The zero-order valence-electron chi connectivity index (χ0n) is 11.0. The number of hydrazine groups is 1. The van der Waals surface area contributed by atoms with Gasteiger partial charge in [-0.2, -0.15) is 0 Å². The number of thiazole rings is 1. The van der Waals surface area contributed by atoms with Crippen LogP contribution in [0.1, 0.15) is 11.4 Å². The Morgan fingerprint density at radius 1 is 1.38 bits per heavy atom. The molecule has 0 spiro atoms. The number of aromatic nitrogens is 1. The van der Waals surface area contributed by atoms with E-state index in [9.17, 15) is 14.4 Å². The highest BCUT2D eigenvalue weighted by Crippen LogP contribution is 2.22. The lowest BCUT2D eigenvalue weighted by Gasteiger charge is -2.13. The number of nitrogens with zero attached hydrogens (tertiary/aromatic N) is 2. The number of carbonyl (C=O) groups excluding carboxylic acids is 3. The molecule has 1 aromatic carbocycles. The molecular weight excluding hydrogens is 292 g/mol. The molecule has 0 saturated carbocycles. The van der Waals surface area contributed by atoms with Crippen molar-refractivity contribution in [2.75, 3.05) is 6.54 Å². The summed E-state index contributed by atoms with van der Waals surface area (Å²) in [6.07, 6.45) is 0.701. The van der Waals surface area contributed by atoms with Crippen molar-refractivity contribution >= 4 is 39.4 Å². The first-order chi connectivity index (χ1) is 10.1. The largest absolute Gasteiger partial charge is 0.343 e. The molecule has 1 aliphatic rings. The lowest BCUT2D eigenvalue weighted by molar-refractivity contribution is -0.125. The fraction of sp³-hybridized carbons (Fsp3) is 0.231. The maximum Gasteiger partial charge on any atom is 0.343 e. The molecule has 2 aromatic rings. The van der Waals surface area contributed by atoms with E-state index in [4.69, 9.17) is 0 Å². The molecule has 0 radical (unpaired) electrons. The summed E-state index contributed by atoms with van der Waals surface area (Å²) >= 11 is 1.54. The van der Waals surface area contributed by atoms with Crippen LogP contribution in [0.25, 0.3) is 10.2 Å². The molecule has 2 N–H and O–H groups in total. The second-order valence-corrected chi connectivity index (χ2v) is 5.66. The summed E-state index contributed by atoms with van der Waals surface area (Å²) in [7, 11) is 0. The zero-order chi connectivity index (χ0) is 14.8. The van der Waals surface area contributed by atoms with Crippen LogP contribution in [0.4, 0.5) is 4.79 Å². The third-order valence-corrected chi connectivity index (χ3v) is 4.05. The third-order valence-electron chi connectivity index (χ3n) is 2.96. The highest BCUT2D eigenvalue weighted by molar-refractivity contribution is 7.18. The number of imide groups is 1. The number of aryl methyl sites for hydroxylation is 1. The second-order valence-electron chi connectivity index (χ2n) is 4.55. The molecule has 21 heavy (non-hydrogen) atoms. The minimum atomic E-state index is -0.603. The van der Waals surface area contributed by atoms with E-state index in [0.29, 0.717) is 6.42 Å². The number of benzene rings is 1. The molecule has 8 heteroatoms. The molecule has 0 bridgehead atoms. The van der Waals surface area contributed by atoms with Gasteiger partial charge in [-0.1, -0.05) is 12.1 Å². The van der Waals surface area contributed by atoms with Crippen molar-refractivity contribution in [3.8, 4) is 0 Å². The summed E-state index contributed by atoms with van der Waals surface area (Å²) in [6, 6.07) is 7.17. The van der Waals surface area contributed by atoms with Crippen LogP contribution in [0.5, 0.6) is 0 Å². The maximum absolute atomic E-state index is 11.8. The van der Waals surface area contributed by atoms with Crippen LogP contribution >= 0.6 is 11.3 Å². The van der Waals surface area contributed by atoms with Gasteiger partial charge in [-0.3, -0.25) is 20.3 Å². The van der Waals surface area contributed by atoms with Crippen molar-refractivity contribution in [3.05, 3.63) is 29.3 Å². The van der Waals surface area contributed by atoms with E-state index in [2.05, 4.69) is 15.7 Å². The fourth-order valence-corrected chi connectivity index (χ4v) is 2.95. The SMILES string of the molecule is O=C1CN(NC(=O)CCc2nc3ccccc3s2)C(=O)N1. The van der Waals surface area contributed by atoms with Crippen LogP contribution < -0.4 is 10.7 Å². The van der Waals surface area contributed by atoms with Crippen molar-refractivity contribution in [3.63, 3.8) is 0 Å². The van der Waals surface area contributed by atoms with E-state index in [-0.39, 0.29) is 18.9 Å². The van der Waals surface area contributed by atoms with Gasteiger partial charge in [-0.25, -0.2) is 14.8 Å². The highest BCUT2D eigenvalue weighted by atomic mass is 32.1. The Kier molecular flexibility index (Phi) is 3.53. The van der Waals surface area contributed by atoms with Crippen molar-refractivity contribution in [1.29, 1.82) is 0 Å². The molecule has 4 amide bonds. The summed E-state index contributed by atoms with van der Waals surface area (Å²) in [6.45, 7) is -0.147. The Morgan fingerprint density at radius 3 is 2.90 bits per heavy atom.